The molecule has 10 nitrogen and oxygen atoms in total. The van der Waals surface area contributed by atoms with E-state index in [-0.39, 0.29) is 23.6 Å². The fourth-order valence-electron chi connectivity index (χ4n) is 1.85. The van der Waals surface area contributed by atoms with Crippen molar-refractivity contribution in [3.63, 3.8) is 0 Å². The number of carboxylic acids is 1. The van der Waals surface area contributed by atoms with Crippen LogP contribution in [-0.4, -0.2) is 48.9 Å². The first-order chi connectivity index (χ1) is 9.65. The number of aryl methyl sites for hydroxylation is 1. The second kappa shape index (κ2) is 6.31. The molecule has 0 fully saturated rings. The lowest BCUT2D eigenvalue weighted by molar-refractivity contribution is -0.386. The van der Waals surface area contributed by atoms with Gasteiger partial charge < -0.3 is 15.5 Å². The van der Waals surface area contributed by atoms with Gasteiger partial charge in [0.15, 0.2) is 6.04 Å². The molecule has 21 heavy (non-hydrogen) atoms. The van der Waals surface area contributed by atoms with Crippen LogP contribution in [0.15, 0.2) is 0 Å². The van der Waals surface area contributed by atoms with Gasteiger partial charge in [-0.15, -0.1) is 0 Å². The molecule has 1 amide bonds. The summed E-state index contributed by atoms with van der Waals surface area (Å²) in [4.78, 5) is 32.9. The SMILES string of the molecule is Cc1nn(CC(=O)NC(C(=O)O)C(C)O)c(C)c1[N+](=O)[O-]. The number of carboxylic acid groups (broad SMARTS) is 1. The Morgan fingerprint density at radius 3 is 2.43 bits per heavy atom. The first-order valence-electron chi connectivity index (χ1n) is 6.03. The molecule has 10 heteroatoms. The zero-order valence-electron chi connectivity index (χ0n) is 11.7. The second-order valence-electron chi connectivity index (χ2n) is 4.56. The molecule has 0 radical (unpaired) electrons. The molecule has 0 aliphatic rings. The van der Waals surface area contributed by atoms with Crippen LogP contribution in [0, 0.1) is 24.0 Å². The van der Waals surface area contributed by atoms with E-state index in [0.717, 1.165) is 4.68 Å². The molecule has 3 N–H and O–H groups in total. The van der Waals surface area contributed by atoms with Crippen molar-refractivity contribution >= 4 is 17.6 Å². The van der Waals surface area contributed by atoms with E-state index in [4.69, 9.17) is 5.11 Å². The fourth-order valence-corrected chi connectivity index (χ4v) is 1.85. The van der Waals surface area contributed by atoms with Crippen LogP contribution in [0.2, 0.25) is 0 Å². The molecule has 1 heterocycles. The smallest absolute Gasteiger partial charge is 0.328 e. The number of nitro groups is 1. The number of nitrogens with one attached hydrogen (secondary N) is 1. The average Bonchev–Trinajstić information content (AvgIpc) is 2.60. The molecular formula is C11H16N4O6. The van der Waals surface area contributed by atoms with Crippen molar-refractivity contribution in [2.24, 2.45) is 0 Å². The Labute approximate surface area is 119 Å². The summed E-state index contributed by atoms with van der Waals surface area (Å²) in [5.41, 5.74) is 0.167. The zero-order chi connectivity index (χ0) is 16.3. The minimum Gasteiger partial charge on any atom is -0.480 e. The summed E-state index contributed by atoms with van der Waals surface area (Å²) < 4.78 is 1.11. The van der Waals surface area contributed by atoms with Crippen molar-refractivity contribution in [1.29, 1.82) is 0 Å². The van der Waals surface area contributed by atoms with Gasteiger partial charge in [0.1, 0.15) is 17.9 Å². The molecule has 1 rings (SSSR count). The van der Waals surface area contributed by atoms with Crippen LogP contribution in [0.1, 0.15) is 18.3 Å². The number of carbonyl (C=O) groups is 2. The maximum absolute atomic E-state index is 11.8. The number of rotatable bonds is 6. The first-order valence-corrected chi connectivity index (χ1v) is 6.03. The Morgan fingerprint density at radius 2 is 2.05 bits per heavy atom. The van der Waals surface area contributed by atoms with Crippen molar-refractivity contribution < 1.29 is 24.7 Å². The van der Waals surface area contributed by atoms with E-state index in [2.05, 4.69) is 10.4 Å². The number of hydrogen-bond donors (Lipinski definition) is 3. The van der Waals surface area contributed by atoms with Crippen LogP contribution in [-0.2, 0) is 16.1 Å². The van der Waals surface area contributed by atoms with E-state index in [1.807, 2.05) is 0 Å². The van der Waals surface area contributed by atoms with Crippen molar-refractivity contribution in [2.45, 2.75) is 39.5 Å². The third-order valence-corrected chi connectivity index (χ3v) is 2.88. The maximum Gasteiger partial charge on any atom is 0.328 e. The third-order valence-electron chi connectivity index (χ3n) is 2.88. The van der Waals surface area contributed by atoms with Gasteiger partial charge in [0.25, 0.3) is 0 Å². The third kappa shape index (κ3) is 3.75. The molecule has 0 saturated carbocycles. The Bertz CT molecular complexity index is 580. The summed E-state index contributed by atoms with van der Waals surface area (Å²) in [6.45, 7) is 3.73. The molecular weight excluding hydrogens is 284 g/mol. The van der Waals surface area contributed by atoms with E-state index >= 15 is 0 Å². The highest BCUT2D eigenvalue weighted by molar-refractivity contribution is 5.83. The first kappa shape index (κ1) is 16.6. The lowest BCUT2D eigenvalue weighted by atomic mass is 10.2. The normalized spacial score (nSPS) is 13.5. The molecule has 0 aliphatic carbocycles. The van der Waals surface area contributed by atoms with Crippen LogP contribution in [0.4, 0.5) is 5.69 Å². The molecule has 2 atom stereocenters. The molecule has 1 aromatic heterocycles. The molecule has 0 saturated heterocycles. The number of carbonyl (C=O) groups excluding carboxylic acids is 1. The van der Waals surface area contributed by atoms with E-state index in [1.54, 1.807) is 0 Å². The van der Waals surface area contributed by atoms with E-state index < -0.39 is 28.9 Å². The molecule has 0 aromatic carbocycles. The van der Waals surface area contributed by atoms with Crippen LogP contribution in [0.3, 0.4) is 0 Å². The monoisotopic (exact) mass is 300 g/mol. The van der Waals surface area contributed by atoms with Crippen LogP contribution in [0.25, 0.3) is 0 Å². The van der Waals surface area contributed by atoms with E-state index in [0.29, 0.717) is 0 Å². The van der Waals surface area contributed by atoms with Crippen LogP contribution >= 0.6 is 0 Å². The Balaban J connectivity index is 2.87. The lowest BCUT2D eigenvalue weighted by Gasteiger charge is -2.17. The van der Waals surface area contributed by atoms with Crippen molar-refractivity contribution in [1.82, 2.24) is 15.1 Å². The highest BCUT2D eigenvalue weighted by Crippen LogP contribution is 2.21. The highest BCUT2D eigenvalue weighted by atomic mass is 16.6. The van der Waals surface area contributed by atoms with Gasteiger partial charge >= 0.3 is 11.7 Å². The minimum absolute atomic E-state index is 0.163. The van der Waals surface area contributed by atoms with Gasteiger partial charge in [-0.25, -0.2) is 4.79 Å². The zero-order valence-corrected chi connectivity index (χ0v) is 11.7. The van der Waals surface area contributed by atoms with Gasteiger partial charge in [-0.1, -0.05) is 0 Å². The van der Waals surface area contributed by atoms with Crippen LogP contribution < -0.4 is 5.32 Å². The molecule has 2 unspecified atom stereocenters. The highest BCUT2D eigenvalue weighted by Gasteiger charge is 2.27. The summed E-state index contributed by atoms with van der Waals surface area (Å²) >= 11 is 0. The minimum atomic E-state index is -1.45. The number of aromatic nitrogens is 2. The molecule has 1 aromatic rings. The van der Waals surface area contributed by atoms with Crippen LogP contribution in [0.5, 0.6) is 0 Å². The maximum atomic E-state index is 11.8. The summed E-state index contributed by atoms with van der Waals surface area (Å²) in [5, 5.41) is 35.0. The van der Waals surface area contributed by atoms with Crippen molar-refractivity contribution in [2.75, 3.05) is 0 Å². The van der Waals surface area contributed by atoms with Gasteiger partial charge in [-0.2, -0.15) is 5.10 Å². The topological polar surface area (TPSA) is 148 Å². The van der Waals surface area contributed by atoms with Gasteiger partial charge in [0, 0.05) is 0 Å². The fraction of sp³-hybridized carbons (Fsp3) is 0.545. The number of aliphatic carboxylic acids is 1. The lowest BCUT2D eigenvalue weighted by Crippen LogP contribution is -2.48. The summed E-state index contributed by atoms with van der Waals surface area (Å²) in [5.74, 6) is -2.10. The summed E-state index contributed by atoms with van der Waals surface area (Å²) in [7, 11) is 0. The second-order valence-corrected chi connectivity index (χ2v) is 4.56. The van der Waals surface area contributed by atoms with Crippen molar-refractivity contribution in [3.8, 4) is 0 Å². The number of aliphatic hydroxyl groups excluding tert-OH is 1. The number of nitrogens with zero attached hydrogens (tertiary/aromatic N) is 3. The number of aliphatic hydroxyl groups is 1. The largest absolute Gasteiger partial charge is 0.480 e. The van der Waals surface area contributed by atoms with E-state index in [1.165, 1.54) is 20.8 Å². The average molecular weight is 300 g/mol. The van der Waals surface area contributed by atoms with Gasteiger partial charge in [-0.3, -0.25) is 19.6 Å². The van der Waals surface area contributed by atoms with Gasteiger partial charge in [0.2, 0.25) is 5.91 Å². The Hall–Kier alpha value is -2.49. The van der Waals surface area contributed by atoms with Gasteiger partial charge in [0.05, 0.1) is 11.0 Å². The summed E-state index contributed by atoms with van der Waals surface area (Å²) in [6, 6.07) is -1.45. The predicted octanol–water partition coefficient (Wildman–Crippen LogP) is -0.642. The quantitative estimate of drug-likeness (QED) is 0.467. The molecule has 0 aliphatic heterocycles. The summed E-state index contributed by atoms with van der Waals surface area (Å²) in [6.07, 6.45) is -1.28. The Morgan fingerprint density at radius 1 is 1.48 bits per heavy atom. The molecule has 0 bridgehead atoms. The number of amides is 1. The van der Waals surface area contributed by atoms with E-state index in [9.17, 15) is 24.8 Å². The molecule has 116 valence electrons. The Kier molecular flexibility index (Phi) is 4.97. The standard InChI is InChI=1S/C11H16N4O6/c1-5-10(15(20)21)6(2)14(13-5)4-8(17)12-9(7(3)16)11(18)19/h7,9,16H,4H2,1-3H3,(H,12,17)(H,18,19). The molecule has 0 spiro atoms. The van der Waals surface area contributed by atoms with Crippen molar-refractivity contribution in [3.05, 3.63) is 21.5 Å². The predicted molar refractivity (Wildman–Crippen MR) is 69.6 cm³/mol. The number of hydrogen-bond acceptors (Lipinski definition) is 6. The van der Waals surface area contributed by atoms with Gasteiger partial charge in [-0.05, 0) is 20.8 Å².